The molecule has 1 aromatic heterocycles. The van der Waals surface area contributed by atoms with E-state index in [0.29, 0.717) is 18.9 Å². The third-order valence-corrected chi connectivity index (χ3v) is 3.58. The van der Waals surface area contributed by atoms with Crippen LogP contribution in [0.25, 0.3) is 10.9 Å². The Kier molecular flexibility index (Phi) is 4.97. The number of nitrogens with one attached hydrogen (secondary N) is 1. The van der Waals surface area contributed by atoms with Crippen molar-refractivity contribution < 1.29 is 14.6 Å². The van der Waals surface area contributed by atoms with Gasteiger partial charge < -0.3 is 15.2 Å². The summed E-state index contributed by atoms with van der Waals surface area (Å²) in [7, 11) is 1.63. The molecule has 0 aliphatic rings. The van der Waals surface area contributed by atoms with Crippen molar-refractivity contribution in [3.8, 4) is 0 Å². The van der Waals surface area contributed by atoms with Gasteiger partial charge in [-0.2, -0.15) is 0 Å². The summed E-state index contributed by atoms with van der Waals surface area (Å²) in [5, 5.41) is 12.3. The second-order valence-corrected chi connectivity index (χ2v) is 6.63. The first-order valence-electron chi connectivity index (χ1n) is 6.75. The molecule has 118 valence electrons. The van der Waals surface area contributed by atoms with Crippen LogP contribution in [0.3, 0.4) is 0 Å². The molecule has 6 nitrogen and oxygen atoms in total. The summed E-state index contributed by atoms with van der Waals surface area (Å²) in [5.74, 6) is 0.589. The lowest BCUT2D eigenvalue weighted by molar-refractivity contribution is 0.182. The third kappa shape index (κ3) is 4.14. The minimum absolute atomic E-state index is 0.401. The van der Waals surface area contributed by atoms with Gasteiger partial charge in [0, 0.05) is 40.7 Å². The molecule has 0 spiro atoms. The van der Waals surface area contributed by atoms with E-state index in [1.165, 1.54) is 0 Å². The SMILES string of the molecule is COCc1cc(Br)cc2cnc(CC(C)(C)NC(=O)O)nc12. The molecule has 0 aliphatic heterocycles. The van der Waals surface area contributed by atoms with Gasteiger partial charge in [0.15, 0.2) is 0 Å². The lowest BCUT2D eigenvalue weighted by Gasteiger charge is -2.23. The number of fused-ring (bicyclic) bond motifs is 1. The minimum atomic E-state index is -1.06. The molecule has 0 atom stereocenters. The summed E-state index contributed by atoms with van der Waals surface area (Å²) in [6.07, 6.45) is 1.09. The normalized spacial score (nSPS) is 11.6. The number of rotatable bonds is 5. The first-order chi connectivity index (χ1) is 10.3. The van der Waals surface area contributed by atoms with E-state index in [1.54, 1.807) is 27.2 Å². The van der Waals surface area contributed by atoms with Crippen LogP contribution in [-0.2, 0) is 17.8 Å². The van der Waals surface area contributed by atoms with Crippen LogP contribution >= 0.6 is 15.9 Å². The van der Waals surface area contributed by atoms with Crippen LogP contribution in [-0.4, -0.2) is 33.8 Å². The average Bonchev–Trinajstić information content (AvgIpc) is 2.37. The van der Waals surface area contributed by atoms with Crippen molar-refractivity contribution >= 4 is 32.9 Å². The van der Waals surface area contributed by atoms with E-state index in [9.17, 15) is 4.79 Å². The molecule has 7 heteroatoms. The van der Waals surface area contributed by atoms with Gasteiger partial charge in [-0.25, -0.2) is 14.8 Å². The van der Waals surface area contributed by atoms with E-state index in [-0.39, 0.29) is 0 Å². The summed E-state index contributed by atoms with van der Waals surface area (Å²) >= 11 is 3.46. The summed E-state index contributed by atoms with van der Waals surface area (Å²) in [4.78, 5) is 19.7. The molecule has 0 bridgehead atoms. The highest BCUT2D eigenvalue weighted by atomic mass is 79.9. The molecule has 0 radical (unpaired) electrons. The Labute approximate surface area is 137 Å². The van der Waals surface area contributed by atoms with E-state index in [0.717, 1.165) is 20.9 Å². The number of methoxy groups -OCH3 is 1. The van der Waals surface area contributed by atoms with Gasteiger partial charge in [0.2, 0.25) is 0 Å². The fraction of sp³-hybridized carbons (Fsp3) is 0.400. The van der Waals surface area contributed by atoms with Crippen molar-refractivity contribution in [2.45, 2.75) is 32.4 Å². The molecular weight excluding hydrogens is 350 g/mol. The van der Waals surface area contributed by atoms with E-state index in [4.69, 9.17) is 9.84 Å². The monoisotopic (exact) mass is 367 g/mol. The largest absolute Gasteiger partial charge is 0.465 e. The number of amides is 1. The predicted molar refractivity (Wildman–Crippen MR) is 86.9 cm³/mol. The molecule has 2 aromatic rings. The Balaban J connectivity index is 2.39. The molecule has 0 saturated carbocycles. The lowest BCUT2D eigenvalue weighted by atomic mass is 10.0. The van der Waals surface area contributed by atoms with Gasteiger partial charge in [0.1, 0.15) is 5.82 Å². The topological polar surface area (TPSA) is 84.3 Å². The molecule has 2 N–H and O–H groups in total. The van der Waals surface area contributed by atoms with Crippen LogP contribution < -0.4 is 5.32 Å². The van der Waals surface area contributed by atoms with Gasteiger partial charge in [-0.05, 0) is 26.0 Å². The van der Waals surface area contributed by atoms with Crippen molar-refractivity contribution in [3.63, 3.8) is 0 Å². The van der Waals surface area contributed by atoms with E-state index in [1.807, 2.05) is 12.1 Å². The first kappa shape index (κ1) is 16.6. The average molecular weight is 368 g/mol. The smallest absolute Gasteiger partial charge is 0.405 e. The fourth-order valence-electron chi connectivity index (χ4n) is 2.30. The van der Waals surface area contributed by atoms with Crippen molar-refractivity contribution in [2.75, 3.05) is 7.11 Å². The Morgan fingerprint density at radius 3 is 2.82 bits per heavy atom. The van der Waals surface area contributed by atoms with E-state index >= 15 is 0 Å². The summed E-state index contributed by atoms with van der Waals surface area (Å²) in [5.41, 5.74) is 1.14. The molecule has 1 amide bonds. The number of aromatic nitrogens is 2. The molecule has 0 unspecified atom stereocenters. The Bertz CT molecular complexity index is 704. The lowest BCUT2D eigenvalue weighted by Crippen LogP contribution is -2.44. The summed E-state index contributed by atoms with van der Waals surface area (Å²) < 4.78 is 6.15. The van der Waals surface area contributed by atoms with Gasteiger partial charge in [-0.3, -0.25) is 0 Å². The van der Waals surface area contributed by atoms with Gasteiger partial charge >= 0.3 is 6.09 Å². The van der Waals surface area contributed by atoms with Crippen LogP contribution in [0.4, 0.5) is 4.79 Å². The van der Waals surface area contributed by atoms with Crippen LogP contribution in [0, 0.1) is 0 Å². The maximum Gasteiger partial charge on any atom is 0.405 e. The minimum Gasteiger partial charge on any atom is -0.465 e. The van der Waals surface area contributed by atoms with E-state index in [2.05, 4.69) is 31.2 Å². The van der Waals surface area contributed by atoms with Gasteiger partial charge in [-0.15, -0.1) is 0 Å². The van der Waals surface area contributed by atoms with Gasteiger partial charge in [0.25, 0.3) is 0 Å². The number of nitrogens with zero attached hydrogens (tertiary/aromatic N) is 2. The Morgan fingerprint density at radius 1 is 1.45 bits per heavy atom. The number of carboxylic acid groups (broad SMARTS) is 1. The Hall–Kier alpha value is -1.73. The molecule has 22 heavy (non-hydrogen) atoms. The fourth-order valence-corrected chi connectivity index (χ4v) is 2.82. The van der Waals surface area contributed by atoms with Crippen LogP contribution in [0.15, 0.2) is 22.8 Å². The summed E-state index contributed by atoms with van der Waals surface area (Å²) in [6, 6.07) is 3.90. The van der Waals surface area contributed by atoms with Crippen molar-refractivity contribution in [3.05, 3.63) is 34.2 Å². The number of halogens is 1. The van der Waals surface area contributed by atoms with Gasteiger partial charge in [0.05, 0.1) is 12.1 Å². The molecule has 0 saturated heterocycles. The van der Waals surface area contributed by atoms with Crippen LogP contribution in [0.1, 0.15) is 25.2 Å². The third-order valence-electron chi connectivity index (χ3n) is 3.12. The predicted octanol–water partition coefficient (Wildman–Crippen LogP) is 3.13. The van der Waals surface area contributed by atoms with Crippen molar-refractivity contribution in [1.82, 2.24) is 15.3 Å². The molecule has 1 aromatic carbocycles. The highest BCUT2D eigenvalue weighted by molar-refractivity contribution is 9.10. The second kappa shape index (κ2) is 6.58. The molecule has 2 rings (SSSR count). The van der Waals surface area contributed by atoms with Crippen LogP contribution in [0.5, 0.6) is 0 Å². The van der Waals surface area contributed by atoms with E-state index < -0.39 is 11.6 Å². The molecular formula is C15H18BrN3O3. The highest BCUT2D eigenvalue weighted by Crippen LogP contribution is 2.24. The quantitative estimate of drug-likeness (QED) is 0.847. The molecule has 0 fully saturated rings. The highest BCUT2D eigenvalue weighted by Gasteiger charge is 2.22. The van der Waals surface area contributed by atoms with Crippen LogP contribution in [0.2, 0.25) is 0 Å². The van der Waals surface area contributed by atoms with Crippen molar-refractivity contribution in [2.24, 2.45) is 0 Å². The zero-order valence-corrected chi connectivity index (χ0v) is 14.3. The first-order valence-corrected chi connectivity index (χ1v) is 7.54. The zero-order chi connectivity index (χ0) is 16.3. The number of carbonyl (C=O) groups is 1. The molecule has 0 aliphatic carbocycles. The number of hydrogen-bond acceptors (Lipinski definition) is 4. The molecule has 1 heterocycles. The number of hydrogen-bond donors (Lipinski definition) is 2. The second-order valence-electron chi connectivity index (χ2n) is 5.71. The number of ether oxygens (including phenoxy) is 1. The zero-order valence-electron chi connectivity index (χ0n) is 12.7. The maximum atomic E-state index is 10.8. The number of benzene rings is 1. The van der Waals surface area contributed by atoms with Crippen molar-refractivity contribution in [1.29, 1.82) is 0 Å². The summed E-state index contributed by atoms with van der Waals surface area (Å²) in [6.45, 7) is 4.04. The van der Waals surface area contributed by atoms with Gasteiger partial charge in [-0.1, -0.05) is 15.9 Å². The standard InChI is InChI=1S/C15H18BrN3O3/c1-15(2,19-14(20)21)6-12-17-7-9-4-11(16)5-10(8-22-3)13(9)18-12/h4-5,7,19H,6,8H2,1-3H3,(H,20,21). The Morgan fingerprint density at radius 2 is 2.18 bits per heavy atom. The maximum absolute atomic E-state index is 10.8.